The van der Waals surface area contributed by atoms with Crippen molar-refractivity contribution < 1.29 is 32.6 Å². The van der Waals surface area contributed by atoms with Gasteiger partial charge in [0.2, 0.25) is 0 Å². The topological polar surface area (TPSA) is 105 Å². The highest BCUT2D eigenvalue weighted by Crippen LogP contribution is 2.47. The molecule has 3 fully saturated rings. The highest BCUT2D eigenvalue weighted by atomic mass is 35.5. The lowest BCUT2D eigenvalue weighted by molar-refractivity contribution is -0.129. The predicted octanol–water partition coefficient (Wildman–Crippen LogP) is 2.89. The van der Waals surface area contributed by atoms with E-state index in [4.69, 9.17) is 16.3 Å². The summed E-state index contributed by atoms with van der Waals surface area (Å²) in [6.07, 6.45) is -1.76. The first kappa shape index (κ1) is 24.3. The number of halogens is 4. The van der Waals surface area contributed by atoms with Crippen LogP contribution in [0.1, 0.15) is 54.7 Å². The number of hydrogen-bond donors (Lipinski definition) is 3. The van der Waals surface area contributed by atoms with Crippen LogP contribution in [0.2, 0.25) is 5.02 Å². The molecule has 2 bridgehead atoms. The SMILES string of the molecule is Cn1nc(C(F)F)cc1C(=O)NC12CCC(NC(=O)COc3ccc(Cl)c(F)c3)(CC1)C[C@H]2O. The normalized spacial score (nSPS) is 25.9. The Balaban J connectivity index is 1.36. The lowest BCUT2D eigenvalue weighted by Crippen LogP contribution is -2.70. The Morgan fingerprint density at radius 2 is 1.97 bits per heavy atom. The van der Waals surface area contributed by atoms with Crippen LogP contribution >= 0.6 is 11.6 Å². The van der Waals surface area contributed by atoms with E-state index in [1.54, 1.807) is 0 Å². The van der Waals surface area contributed by atoms with Crippen LogP contribution in [-0.2, 0) is 11.8 Å². The van der Waals surface area contributed by atoms with E-state index >= 15 is 0 Å². The molecule has 0 saturated heterocycles. The number of nitrogens with zero attached hydrogens (tertiary/aromatic N) is 2. The average Bonchev–Trinajstić information content (AvgIpc) is 3.18. The van der Waals surface area contributed by atoms with Gasteiger partial charge < -0.3 is 20.5 Å². The second kappa shape index (κ2) is 9.10. The smallest absolute Gasteiger partial charge is 0.282 e. The van der Waals surface area contributed by atoms with Gasteiger partial charge in [-0.1, -0.05) is 11.6 Å². The van der Waals surface area contributed by atoms with E-state index in [0.29, 0.717) is 25.7 Å². The van der Waals surface area contributed by atoms with Gasteiger partial charge in [0.1, 0.15) is 23.0 Å². The maximum atomic E-state index is 13.5. The number of hydrogen-bond acceptors (Lipinski definition) is 5. The molecule has 3 N–H and O–H groups in total. The lowest BCUT2D eigenvalue weighted by Gasteiger charge is -2.56. The van der Waals surface area contributed by atoms with Crippen molar-refractivity contribution in [3.63, 3.8) is 0 Å². The van der Waals surface area contributed by atoms with E-state index in [2.05, 4.69) is 15.7 Å². The summed E-state index contributed by atoms with van der Waals surface area (Å²) in [5.41, 5.74) is -2.10. The maximum absolute atomic E-state index is 13.5. The summed E-state index contributed by atoms with van der Waals surface area (Å²) in [7, 11) is 1.40. The molecule has 5 rings (SSSR count). The molecular formula is C22H24ClF3N4O4. The van der Waals surface area contributed by atoms with Crippen LogP contribution in [0.5, 0.6) is 5.75 Å². The lowest BCUT2D eigenvalue weighted by atomic mass is 9.60. The van der Waals surface area contributed by atoms with E-state index in [9.17, 15) is 27.9 Å². The molecule has 1 aromatic heterocycles. The van der Waals surface area contributed by atoms with E-state index in [1.807, 2.05) is 0 Å². The summed E-state index contributed by atoms with van der Waals surface area (Å²) in [6, 6.07) is 4.90. The quantitative estimate of drug-likeness (QED) is 0.542. The minimum Gasteiger partial charge on any atom is -0.484 e. The molecule has 2 aromatic rings. The minimum absolute atomic E-state index is 0.0247. The zero-order valence-electron chi connectivity index (χ0n) is 18.3. The fourth-order valence-electron chi connectivity index (χ4n) is 4.81. The molecule has 184 valence electrons. The summed E-state index contributed by atoms with van der Waals surface area (Å²) in [6.45, 7) is -0.340. The molecular weight excluding hydrogens is 477 g/mol. The summed E-state index contributed by atoms with van der Waals surface area (Å²) >= 11 is 5.63. The first-order valence-corrected chi connectivity index (χ1v) is 11.1. The maximum Gasteiger partial charge on any atom is 0.282 e. The number of alkyl halides is 2. The van der Waals surface area contributed by atoms with Crippen molar-refractivity contribution in [2.45, 2.75) is 55.7 Å². The molecule has 2 amide bonds. The van der Waals surface area contributed by atoms with Gasteiger partial charge in [-0.25, -0.2) is 13.2 Å². The molecule has 1 aromatic carbocycles. The third kappa shape index (κ3) is 4.72. The van der Waals surface area contributed by atoms with Gasteiger partial charge >= 0.3 is 0 Å². The van der Waals surface area contributed by atoms with Crippen LogP contribution in [0.4, 0.5) is 13.2 Å². The molecule has 0 spiro atoms. The molecule has 3 saturated carbocycles. The Labute approximate surface area is 198 Å². The number of benzene rings is 1. The fraction of sp³-hybridized carbons (Fsp3) is 0.500. The standard InChI is InChI=1S/C22H24ClF3N4O4/c1-30-16(9-15(29-30)19(25)26)20(33)28-22-6-4-21(5-7-22,10-17(22)31)27-18(32)11-34-12-2-3-13(23)14(24)8-12/h2-3,8-9,17,19,31H,4-7,10-11H2,1H3,(H,27,32)(H,28,33)/t17-,21?,22?/m1/s1. The largest absolute Gasteiger partial charge is 0.484 e. The number of aliphatic hydroxyl groups excluding tert-OH is 1. The van der Waals surface area contributed by atoms with E-state index < -0.39 is 46.9 Å². The number of nitrogens with one attached hydrogen (secondary N) is 2. The number of carbonyl (C=O) groups is 2. The van der Waals surface area contributed by atoms with Crippen molar-refractivity contribution in [1.82, 2.24) is 20.4 Å². The molecule has 8 nitrogen and oxygen atoms in total. The number of aliphatic hydroxyl groups is 1. The molecule has 1 heterocycles. The third-order valence-electron chi connectivity index (χ3n) is 6.70. The van der Waals surface area contributed by atoms with Crippen LogP contribution in [-0.4, -0.2) is 50.5 Å². The Bertz CT molecular complexity index is 1100. The van der Waals surface area contributed by atoms with Crippen LogP contribution < -0.4 is 15.4 Å². The molecule has 0 radical (unpaired) electrons. The minimum atomic E-state index is -2.80. The Hall–Kier alpha value is -2.79. The highest BCUT2D eigenvalue weighted by Gasteiger charge is 2.55. The fourth-order valence-corrected chi connectivity index (χ4v) is 4.93. The van der Waals surface area contributed by atoms with Crippen molar-refractivity contribution in [2.75, 3.05) is 6.61 Å². The molecule has 1 atom stereocenters. The summed E-state index contributed by atoms with van der Waals surface area (Å²) in [5, 5.41) is 20.2. The molecule has 0 aliphatic heterocycles. The molecule has 12 heteroatoms. The third-order valence-corrected chi connectivity index (χ3v) is 7.01. The highest BCUT2D eigenvalue weighted by molar-refractivity contribution is 6.30. The molecule has 3 aliphatic rings. The molecule has 0 unspecified atom stereocenters. The molecule has 3 aliphatic carbocycles. The van der Waals surface area contributed by atoms with Crippen molar-refractivity contribution in [1.29, 1.82) is 0 Å². The summed E-state index contributed by atoms with van der Waals surface area (Å²) in [5.74, 6) is -1.51. The second-order valence-corrected chi connectivity index (χ2v) is 9.31. The second-order valence-electron chi connectivity index (χ2n) is 8.90. The van der Waals surface area contributed by atoms with Gasteiger partial charge in [-0.05, 0) is 50.3 Å². The Morgan fingerprint density at radius 1 is 1.26 bits per heavy atom. The van der Waals surface area contributed by atoms with Gasteiger partial charge in [-0.15, -0.1) is 0 Å². The zero-order chi connectivity index (χ0) is 24.7. The van der Waals surface area contributed by atoms with Crippen LogP contribution in [0.3, 0.4) is 0 Å². The molecule has 34 heavy (non-hydrogen) atoms. The summed E-state index contributed by atoms with van der Waals surface area (Å²) < 4.78 is 45.8. The van der Waals surface area contributed by atoms with Gasteiger partial charge in [0.25, 0.3) is 18.2 Å². The van der Waals surface area contributed by atoms with E-state index in [-0.39, 0.29) is 29.5 Å². The van der Waals surface area contributed by atoms with E-state index in [1.165, 1.54) is 19.2 Å². The van der Waals surface area contributed by atoms with Crippen molar-refractivity contribution in [3.8, 4) is 5.75 Å². The first-order valence-electron chi connectivity index (χ1n) is 10.7. The van der Waals surface area contributed by atoms with Gasteiger partial charge in [-0.3, -0.25) is 14.3 Å². The van der Waals surface area contributed by atoms with Gasteiger partial charge in [0.05, 0.1) is 16.7 Å². The number of ether oxygens (including phenoxy) is 1. The van der Waals surface area contributed by atoms with Crippen LogP contribution in [0.25, 0.3) is 0 Å². The van der Waals surface area contributed by atoms with Gasteiger partial charge in [0, 0.05) is 18.7 Å². The number of aromatic nitrogens is 2. The van der Waals surface area contributed by atoms with Gasteiger partial charge in [-0.2, -0.15) is 5.10 Å². The van der Waals surface area contributed by atoms with Crippen molar-refractivity contribution in [3.05, 3.63) is 46.5 Å². The van der Waals surface area contributed by atoms with Gasteiger partial charge in [0.15, 0.2) is 6.61 Å². The van der Waals surface area contributed by atoms with Crippen LogP contribution in [0, 0.1) is 5.82 Å². The van der Waals surface area contributed by atoms with Crippen LogP contribution in [0.15, 0.2) is 24.3 Å². The number of rotatable bonds is 7. The Kier molecular flexibility index (Phi) is 6.52. The predicted molar refractivity (Wildman–Crippen MR) is 115 cm³/mol. The number of amides is 2. The van der Waals surface area contributed by atoms with E-state index in [0.717, 1.165) is 16.8 Å². The first-order chi connectivity index (χ1) is 16.0. The van der Waals surface area contributed by atoms with Crippen molar-refractivity contribution in [2.24, 2.45) is 7.05 Å². The number of carbonyl (C=O) groups excluding carboxylic acids is 2. The Morgan fingerprint density at radius 3 is 2.56 bits per heavy atom. The zero-order valence-corrected chi connectivity index (χ0v) is 19.0. The summed E-state index contributed by atoms with van der Waals surface area (Å²) in [4.78, 5) is 25.3. The number of aryl methyl sites for hydroxylation is 1. The number of fused-ring (bicyclic) bond motifs is 3. The average molecular weight is 501 g/mol. The van der Waals surface area contributed by atoms with Crippen molar-refractivity contribution >= 4 is 23.4 Å². The monoisotopic (exact) mass is 500 g/mol.